The summed E-state index contributed by atoms with van der Waals surface area (Å²) in [6, 6.07) is 0.461. The maximum Gasteiger partial charge on any atom is 0.116 e. The third kappa shape index (κ3) is 8.42. The minimum absolute atomic E-state index is 0.0743. The number of aliphatic hydroxyl groups is 1. The molecule has 2 unspecified atom stereocenters. The van der Waals surface area contributed by atoms with E-state index in [9.17, 15) is 5.11 Å². The molecule has 34 heavy (non-hydrogen) atoms. The van der Waals surface area contributed by atoms with E-state index in [0.29, 0.717) is 18.8 Å². The SMILES string of the molecule is C=C[C@H]1O[C@H]1[C@@H]1COC(C)(C)N1C.CCCCCCCCC/C=C/C(O)C1COC(C)(C)N1C. The van der Waals surface area contributed by atoms with Crippen LogP contribution in [0.1, 0.15) is 86.0 Å². The van der Waals surface area contributed by atoms with Gasteiger partial charge in [0.2, 0.25) is 0 Å². The van der Waals surface area contributed by atoms with Crippen LogP contribution in [0.2, 0.25) is 0 Å². The van der Waals surface area contributed by atoms with Gasteiger partial charge < -0.3 is 19.3 Å². The number of ether oxygens (including phenoxy) is 3. The largest absolute Gasteiger partial charge is 0.387 e. The summed E-state index contributed by atoms with van der Waals surface area (Å²) in [6.45, 7) is 15.6. The van der Waals surface area contributed by atoms with Gasteiger partial charge in [0.15, 0.2) is 0 Å². The minimum Gasteiger partial charge on any atom is -0.387 e. The highest BCUT2D eigenvalue weighted by atomic mass is 16.6. The number of hydrogen-bond acceptors (Lipinski definition) is 6. The first-order valence-electron chi connectivity index (χ1n) is 13.4. The van der Waals surface area contributed by atoms with E-state index in [4.69, 9.17) is 14.2 Å². The number of unbranched alkanes of at least 4 members (excludes halogenated alkanes) is 7. The van der Waals surface area contributed by atoms with Gasteiger partial charge in [-0.15, -0.1) is 6.58 Å². The van der Waals surface area contributed by atoms with Crippen molar-refractivity contribution in [2.24, 2.45) is 0 Å². The molecule has 6 nitrogen and oxygen atoms in total. The molecule has 0 radical (unpaired) electrons. The molecular weight excluding hydrogens is 428 g/mol. The van der Waals surface area contributed by atoms with Crippen LogP contribution in [-0.4, -0.2) is 84.1 Å². The van der Waals surface area contributed by atoms with Gasteiger partial charge in [-0.05, 0) is 54.6 Å². The van der Waals surface area contributed by atoms with Crippen LogP contribution < -0.4 is 0 Å². The quantitative estimate of drug-likeness (QED) is 0.238. The normalized spacial score (nSPS) is 31.4. The van der Waals surface area contributed by atoms with E-state index in [2.05, 4.69) is 50.3 Å². The Morgan fingerprint density at radius 2 is 1.53 bits per heavy atom. The van der Waals surface area contributed by atoms with Gasteiger partial charge in [0, 0.05) is 0 Å². The summed E-state index contributed by atoms with van der Waals surface area (Å²) >= 11 is 0. The molecule has 0 amide bonds. The van der Waals surface area contributed by atoms with Gasteiger partial charge in [0.05, 0.1) is 31.4 Å². The van der Waals surface area contributed by atoms with Crippen LogP contribution in [0.4, 0.5) is 0 Å². The van der Waals surface area contributed by atoms with Gasteiger partial charge >= 0.3 is 0 Å². The second-order valence-electron chi connectivity index (χ2n) is 11.0. The monoisotopic (exact) mass is 480 g/mol. The van der Waals surface area contributed by atoms with E-state index in [1.165, 1.54) is 44.9 Å². The fourth-order valence-corrected chi connectivity index (χ4v) is 4.67. The molecule has 1 N–H and O–H groups in total. The highest BCUT2D eigenvalue weighted by Gasteiger charge is 2.51. The van der Waals surface area contributed by atoms with Crippen molar-refractivity contribution in [1.29, 1.82) is 0 Å². The molecule has 0 saturated carbocycles. The predicted molar refractivity (Wildman–Crippen MR) is 140 cm³/mol. The molecule has 0 spiro atoms. The number of likely N-dealkylation sites (N-methyl/N-ethyl adjacent to an activating group) is 2. The second-order valence-corrected chi connectivity index (χ2v) is 11.0. The molecule has 3 aliphatic rings. The van der Waals surface area contributed by atoms with Crippen molar-refractivity contribution in [1.82, 2.24) is 9.80 Å². The molecular formula is C28H52N2O4. The molecule has 3 heterocycles. The highest BCUT2D eigenvalue weighted by Crippen LogP contribution is 2.36. The first kappa shape index (κ1) is 29.5. The smallest absolute Gasteiger partial charge is 0.116 e. The van der Waals surface area contributed by atoms with E-state index < -0.39 is 6.10 Å². The number of aliphatic hydroxyl groups excluding tert-OH is 1. The van der Waals surface area contributed by atoms with Gasteiger partial charge in [0.25, 0.3) is 0 Å². The van der Waals surface area contributed by atoms with Crippen molar-refractivity contribution >= 4 is 0 Å². The lowest BCUT2D eigenvalue weighted by atomic mass is 10.1. The van der Waals surface area contributed by atoms with Crippen LogP contribution in [-0.2, 0) is 14.2 Å². The first-order valence-corrected chi connectivity index (χ1v) is 13.4. The van der Waals surface area contributed by atoms with E-state index >= 15 is 0 Å². The molecule has 3 saturated heterocycles. The lowest BCUT2D eigenvalue weighted by Gasteiger charge is -2.30. The molecule has 5 atom stereocenters. The molecule has 0 bridgehead atoms. The van der Waals surface area contributed by atoms with Crippen molar-refractivity contribution < 1.29 is 19.3 Å². The fourth-order valence-electron chi connectivity index (χ4n) is 4.67. The van der Waals surface area contributed by atoms with Crippen molar-refractivity contribution in [3.63, 3.8) is 0 Å². The van der Waals surface area contributed by atoms with E-state index in [0.717, 1.165) is 13.0 Å². The maximum absolute atomic E-state index is 10.2. The average molecular weight is 481 g/mol. The van der Waals surface area contributed by atoms with Crippen LogP contribution in [0.3, 0.4) is 0 Å². The van der Waals surface area contributed by atoms with Crippen LogP contribution in [0.25, 0.3) is 0 Å². The van der Waals surface area contributed by atoms with E-state index in [1.807, 2.05) is 33.0 Å². The lowest BCUT2D eigenvalue weighted by Crippen LogP contribution is -2.45. The lowest BCUT2D eigenvalue weighted by molar-refractivity contribution is -0.0444. The molecule has 3 aliphatic heterocycles. The van der Waals surface area contributed by atoms with E-state index in [1.54, 1.807) is 0 Å². The van der Waals surface area contributed by atoms with Crippen LogP contribution in [0, 0.1) is 0 Å². The zero-order valence-corrected chi connectivity index (χ0v) is 23.0. The van der Waals surface area contributed by atoms with Gasteiger partial charge in [-0.3, -0.25) is 9.80 Å². The predicted octanol–water partition coefficient (Wildman–Crippen LogP) is 5.12. The standard InChI is InChI=1S/C18H35NO2.C10H17NO2/c1-5-6-7-8-9-10-11-12-13-14-17(20)16-15-21-18(2,3)19(16)4;1-5-8-9(13-8)7-6-12-10(2,3)11(7)4/h13-14,16-17,20H,5-12,15H2,1-4H3;5,7-9H,1,6H2,2-4H3/b14-13+;/t;7-,8+,9-/m.0/s1. The number of hydrogen-bond donors (Lipinski definition) is 1. The number of epoxide rings is 1. The zero-order valence-electron chi connectivity index (χ0n) is 23.0. The Balaban J connectivity index is 0.000000266. The van der Waals surface area contributed by atoms with Crippen molar-refractivity contribution in [2.75, 3.05) is 27.3 Å². The van der Waals surface area contributed by atoms with Crippen LogP contribution >= 0.6 is 0 Å². The Morgan fingerprint density at radius 3 is 2.03 bits per heavy atom. The Hall–Kier alpha value is -0.760. The molecule has 0 aromatic rings. The van der Waals surface area contributed by atoms with Gasteiger partial charge in [0.1, 0.15) is 23.7 Å². The van der Waals surface area contributed by atoms with Crippen molar-refractivity contribution in [3.05, 3.63) is 24.8 Å². The Labute approximate surface area is 209 Å². The Bertz CT molecular complexity index is 636. The number of nitrogens with zero attached hydrogens (tertiary/aromatic N) is 2. The zero-order chi connectivity index (χ0) is 25.4. The van der Waals surface area contributed by atoms with E-state index in [-0.39, 0.29) is 23.6 Å². The second kappa shape index (κ2) is 13.5. The molecule has 0 aromatic heterocycles. The van der Waals surface area contributed by atoms with Gasteiger partial charge in [-0.25, -0.2) is 0 Å². The number of rotatable bonds is 12. The summed E-state index contributed by atoms with van der Waals surface area (Å²) in [5.74, 6) is 0. The summed E-state index contributed by atoms with van der Waals surface area (Å²) in [7, 11) is 4.10. The summed E-state index contributed by atoms with van der Waals surface area (Å²) in [4.78, 5) is 4.36. The molecule has 3 rings (SSSR count). The summed E-state index contributed by atoms with van der Waals surface area (Å²) in [5.41, 5.74) is -0.416. The number of allylic oxidation sites excluding steroid dienone is 1. The van der Waals surface area contributed by atoms with Crippen LogP contribution in [0.5, 0.6) is 0 Å². The summed E-state index contributed by atoms with van der Waals surface area (Å²) in [5, 5.41) is 10.2. The third-order valence-corrected chi connectivity index (χ3v) is 7.78. The van der Waals surface area contributed by atoms with Gasteiger partial charge in [-0.1, -0.05) is 63.7 Å². The third-order valence-electron chi connectivity index (χ3n) is 7.78. The maximum atomic E-state index is 10.2. The fraction of sp³-hybridized carbons (Fsp3) is 0.857. The van der Waals surface area contributed by atoms with Crippen molar-refractivity contribution in [3.8, 4) is 0 Å². The molecule has 6 heteroatoms. The summed E-state index contributed by atoms with van der Waals surface area (Å²) < 4.78 is 16.9. The summed E-state index contributed by atoms with van der Waals surface area (Å²) in [6.07, 6.45) is 16.5. The molecule has 0 aromatic carbocycles. The minimum atomic E-state index is -0.429. The molecule has 3 fully saturated rings. The van der Waals surface area contributed by atoms with Crippen molar-refractivity contribution in [2.45, 2.75) is 128 Å². The average Bonchev–Trinajstić information content (AvgIpc) is 3.45. The molecule has 198 valence electrons. The Morgan fingerprint density at radius 1 is 0.941 bits per heavy atom. The van der Waals surface area contributed by atoms with Gasteiger partial charge in [-0.2, -0.15) is 0 Å². The molecule has 0 aliphatic carbocycles. The van der Waals surface area contributed by atoms with Crippen LogP contribution in [0.15, 0.2) is 24.8 Å². The topological polar surface area (TPSA) is 57.7 Å². The highest BCUT2D eigenvalue weighted by molar-refractivity contribution is 5.06. The first-order chi connectivity index (χ1) is 16.0. The Kier molecular flexibility index (Phi) is 11.7.